The molecule has 2 amide bonds. The first-order valence-electron chi connectivity index (χ1n) is 7.54. The van der Waals surface area contributed by atoms with Crippen LogP contribution < -0.4 is 16.4 Å². The van der Waals surface area contributed by atoms with Gasteiger partial charge in [-0.2, -0.15) is 0 Å². The van der Waals surface area contributed by atoms with Crippen LogP contribution in [0.5, 0.6) is 0 Å². The Labute approximate surface area is 139 Å². The number of halogens is 1. The second kappa shape index (κ2) is 7.24. The number of carbonyl (C=O) groups excluding carboxylic acids is 2. The zero-order valence-corrected chi connectivity index (χ0v) is 14.3. The van der Waals surface area contributed by atoms with Gasteiger partial charge in [-0.05, 0) is 37.5 Å². The Balaban J connectivity index is 1.87. The molecule has 1 fully saturated rings. The van der Waals surface area contributed by atoms with Gasteiger partial charge in [0.15, 0.2) is 0 Å². The molecule has 0 radical (unpaired) electrons. The van der Waals surface area contributed by atoms with Gasteiger partial charge in [-0.1, -0.05) is 41.3 Å². The van der Waals surface area contributed by atoms with Crippen LogP contribution >= 0.6 is 15.9 Å². The molecule has 6 heteroatoms. The highest BCUT2D eigenvalue weighted by Crippen LogP contribution is 2.26. The van der Waals surface area contributed by atoms with Gasteiger partial charge in [0, 0.05) is 10.2 Å². The van der Waals surface area contributed by atoms with Crippen molar-refractivity contribution in [2.45, 2.75) is 44.6 Å². The fourth-order valence-corrected chi connectivity index (χ4v) is 3.03. The SMILES string of the molecule is Cc1ccc(Br)cc1NC(=O)CNC(=O)C1(N)CCCCC1. The van der Waals surface area contributed by atoms with E-state index >= 15 is 0 Å². The van der Waals surface area contributed by atoms with Crippen molar-refractivity contribution in [3.63, 3.8) is 0 Å². The van der Waals surface area contributed by atoms with E-state index in [0.29, 0.717) is 12.8 Å². The Morgan fingerprint density at radius 2 is 1.95 bits per heavy atom. The van der Waals surface area contributed by atoms with E-state index < -0.39 is 5.54 Å². The molecule has 2 rings (SSSR count). The lowest BCUT2D eigenvalue weighted by molar-refractivity contribution is -0.129. The van der Waals surface area contributed by atoms with Crippen molar-refractivity contribution in [3.05, 3.63) is 28.2 Å². The Morgan fingerprint density at radius 1 is 1.27 bits per heavy atom. The molecule has 5 nitrogen and oxygen atoms in total. The van der Waals surface area contributed by atoms with Gasteiger partial charge in [0.05, 0.1) is 12.1 Å². The molecule has 0 atom stereocenters. The van der Waals surface area contributed by atoms with Gasteiger partial charge >= 0.3 is 0 Å². The van der Waals surface area contributed by atoms with Gasteiger partial charge < -0.3 is 16.4 Å². The molecule has 0 heterocycles. The maximum absolute atomic E-state index is 12.2. The second-order valence-corrected chi connectivity index (χ2v) is 6.82. The minimum atomic E-state index is -0.815. The van der Waals surface area contributed by atoms with Gasteiger partial charge in [0.25, 0.3) is 0 Å². The number of nitrogens with one attached hydrogen (secondary N) is 2. The molecular formula is C16H22BrN3O2. The summed E-state index contributed by atoms with van der Waals surface area (Å²) in [7, 11) is 0. The molecule has 22 heavy (non-hydrogen) atoms. The molecule has 1 aromatic rings. The van der Waals surface area contributed by atoms with Crippen molar-refractivity contribution in [3.8, 4) is 0 Å². The number of nitrogens with two attached hydrogens (primary N) is 1. The number of hydrogen-bond acceptors (Lipinski definition) is 3. The first kappa shape index (κ1) is 17.0. The van der Waals surface area contributed by atoms with Gasteiger partial charge in [0.2, 0.25) is 11.8 Å². The fraction of sp³-hybridized carbons (Fsp3) is 0.500. The number of amides is 2. The van der Waals surface area contributed by atoms with Crippen molar-refractivity contribution >= 4 is 33.4 Å². The highest BCUT2D eigenvalue weighted by atomic mass is 79.9. The van der Waals surface area contributed by atoms with Gasteiger partial charge in [-0.3, -0.25) is 9.59 Å². The molecule has 0 aliphatic heterocycles. The second-order valence-electron chi connectivity index (χ2n) is 5.91. The van der Waals surface area contributed by atoms with E-state index in [2.05, 4.69) is 26.6 Å². The summed E-state index contributed by atoms with van der Waals surface area (Å²) < 4.78 is 0.889. The van der Waals surface area contributed by atoms with Crippen molar-refractivity contribution in [2.75, 3.05) is 11.9 Å². The first-order valence-corrected chi connectivity index (χ1v) is 8.33. The summed E-state index contributed by atoms with van der Waals surface area (Å²) in [6.45, 7) is 1.85. The molecule has 0 spiro atoms. The first-order chi connectivity index (χ1) is 10.4. The van der Waals surface area contributed by atoms with Gasteiger partial charge in [-0.25, -0.2) is 0 Å². The van der Waals surface area contributed by atoms with E-state index in [1.165, 1.54) is 0 Å². The maximum Gasteiger partial charge on any atom is 0.243 e. The van der Waals surface area contributed by atoms with E-state index in [1.807, 2.05) is 25.1 Å². The number of aryl methyl sites for hydroxylation is 1. The van der Waals surface area contributed by atoms with Crippen LogP contribution in [0.2, 0.25) is 0 Å². The average Bonchev–Trinajstić information content (AvgIpc) is 2.49. The molecule has 1 saturated carbocycles. The number of rotatable bonds is 4. The van der Waals surface area contributed by atoms with Crippen molar-refractivity contribution < 1.29 is 9.59 Å². The summed E-state index contributed by atoms with van der Waals surface area (Å²) in [6, 6.07) is 5.66. The van der Waals surface area contributed by atoms with Crippen LogP contribution in [0, 0.1) is 6.92 Å². The Morgan fingerprint density at radius 3 is 2.64 bits per heavy atom. The summed E-state index contributed by atoms with van der Waals surface area (Å²) in [5, 5.41) is 5.46. The lowest BCUT2D eigenvalue weighted by Crippen LogP contribution is -2.56. The average molecular weight is 368 g/mol. The topological polar surface area (TPSA) is 84.2 Å². The molecular weight excluding hydrogens is 346 g/mol. The van der Waals surface area contributed by atoms with Crippen LogP contribution in [-0.4, -0.2) is 23.9 Å². The summed E-state index contributed by atoms with van der Waals surface area (Å²) in [4.78, 5) is 24.2. The van der Waals surface area contributed by atoms with Gasteiger partial charge in [0.1, 0.15) is 0 Å². The highest BCUT2D eigenvalue weighted by Gasteiger charge is 2.35. The minimum Gasteiger partial charge on any atom is -0.345 e. The van der Waals surface area contributed by atoms with E-state index in [9.17, 15) is 9.59 Å². The molecule has 0 aromatic heterocycles. The summed E-state index contributed by atoms with van der Waals surface area (Å²) in [5.74, 6) is -0.484. The summed E-state index contributed by atoms with van der Waals surface area (Å²) in [5.41, 5.74) is 7.01. The minimum absolute atomic E-state index is 0.0657. The number of benzene rings is 1. The normalized spacial score (nSPS) is 16.9. The third-order valence-corrected chi connectivity index (χ3v) is 4.57. The van der Waals surface area contributed by atoms with Gasteiger partial charge in [-0.15, -0.1) is 0 Å². The predicted octanol–water partition coefficient (Wildman–Crippen LogP) is 2.47. The smallest absolute Gasteiger partial charge is 0.243 e. The van der Waals surface area contributed by atoms with E-state index in [4.69, 9.17) is 5.73 Å². The van der Waals surface area contributed by atoms with E-state index in [-0.39, 0.29) is 18.4 Å². The molecule has 0 bridgehead atoms. The number of hydrogen-bond donors (Lipinski definition) is 3. The summed E-state index contributed by atoms with van der Waals surface area (Å²) in [6.07, 6.45) is 4.42. The van der Waals surface area contributed by atoms with Crippen molar-refractivity contribution in [1.29, 1.82) is 0 Å². The van der Waals surface area contributed by atoms with Crippen LogP contribution in [0.15, 0.2) is 22.7 Å². The van der Waals surface area contributed by atoms with Crippen molar-refractivity contribution in [2.24, 2.45) is 5.73 Å². The zero-order chi connectivity index (χ0) is 16.2. The third-order valence-electron chi connectivity index (χ3n) is 4.08. The standard InChI is InChI=1S/C16H22BrN3O2/c1-11-5-6-12(17)9-13(11)20-14(21)10-19-15(22)16(18)7-3-2-4-8-16/h5-6,9H,2-4,7-8,10,18H2,1H3,(H,19,22)(H,20,21). The lowest BCUT2D eigenvalue weighted by atomic mass is 9.82. The molecule has 1 aromatic carbocycles. The van der Waals surface area contributed by atoms with Crippen molar-refractivity contribution in [1.82, 2.24) is 5.32 Å². The zero-order valence-electron chi connectivity index (χ0n) is 12.7. The van der Waals surface area contributed by atoms with Crippen LogP contribution in [0.3, 0.4) is 0 Å². The predicted molar refractivity (Wildman–Crippen MR) is 90.5 cm³/mol. The fourth-order valence-electron chi connectivity index (χ4n) is 2.67. The molecule has 1 aliphatic rings. The molecule has 0 unspecified atom stereocenters. The van der Waals surface area contributed by atoms with Crippen LogP contribution in [0.25, 0.3) is 0 Å². The van der Waals surface area contributed by atoms with E-state index in [1.54, 1.807) is 0 Å². The van der Waals surface area contributed by atoms with Crippen LogP contribution in [0.4, 0.5) is 5.69 Å². The van der Waals surface area contributed by atoms with E-state index in [0.717, 1.165) is 35.0 Å². The molecule has 0 saturated heterocycles. The Bertz CT molecular complexity index is 569. The largest absolute Gasteiger partial charge is 0.345 e. The van der Waals surface area contributed by atoms with Crippen LogP contribution in [-0.2, 0) is 9.59 Å². The molecule has 4 N–H and O–H groups in total. The monoisotopic (exact) mass is 367 g/mol. The summed E-state index contributed by atoms with van der Waals surface area (Å²) >= 11 is 3.37. The molecule has 120 valence electrons. The maximum atomic E-state index is 12.2. The molecule has 1 aliphatic carbocycles. The lowest BCUT2D eigenvalue weighted by Gasteiger charge is -2.31. The highest BCUT2D eigenvalue weighted by molar-refractivity contribution is 9.10. The number of anilines is 1. The Kier molecular flexibility index (Phi) is 5.58. The number of carbonyl (C=O) groups is 2. The third kappa shape index (κ3) is 4.30. The van der Waals surface area contributed by atoms with Crippen LogP contribution in [0.1, 0.15) is 37.7 Å². The quantitative estimate of drug-likeness (QED) is 0.763. The Hall–Kier alpha value is -1.40.